The van der Waals surface area contributed by atoms with Crippen molar-refractivity contribution in [2.45, 2.75) is 6.92 Å². The van der Waals surface area contributed by atoms with Crippen molar-refractivity contribution in [2.75, 3.05) is 10.6 Å². The van der Waals surface area contributed by atoms with Gasteiger partial charge in [-0.3, -0.25) is 9.59 Å². The maximum atomic E-state index is 13.1. The fourth-order valence-electron chi connectivity index (χ4n) is 1.87. The molecule has 0 unspecified atom stereocenters. The molecule has 0 aliphatic carbocycles. The van der Waals surface area contributed by atoms with Crippen LogP contribution in [0.5, 0.6) is 0 Å². The second-order valence-electron chi connectivity index (χ2n) is 4.91. The number of anilines is 2. The lowest BCUT2D eigenvalue weighted by molar-refractivity contribution is -0.112. The van der Waals surface area contributed by atoms with Crippen LogP contribution in [0, 0.1) is 17.1 Å². The largest absolute Gasteiger partial charge is 0.360 e. The van der Waals surface area contributed by atoms with Gasteiger partial charge in [0.05, 0.1) is 0 Å². The zero-order valence-corrected chi connectivity index (χ0v) is 12.8. The molecule has 0 radical (unpaired) electrons. The van der Waals surface area contributed by atoms with E-state index >= 15 is 0 Å². The number of benzene rings is 2. The molecule has 0 atom stereocenters. The summed E-state index contributed by atoms with van der Waals surface area (Å²) in [4.78, 5) is 23.3. The lowest BCUT2D eigenvalue weighted by atomic mass is 10.1. The molecule has 0 aromatic heterocycles. The highest BCUT2D eigenvalue weighted by molar-refractivity contribution is 6.07. The molecular weight excluding hydrogens is 309 g/mol. The number of hydrogen-bond donors (Lipinski definition) is 2. The number of nitrogens with one attached hydrogen (secondary N) is 2. The highest BCUT2D eigenvalue weighted by atomic mass is 19.1. The average molecular weight is 323 g/mol. The van der Waals surface area contributed by atoms with Gasteiger partial charge < -0.3 is 10.6 Å². The van der Waals surface area contributed by atoms with Crippen molar-refractivity contribution >= 4 is 23.1 Å². The van der Waals surface area contributed by atoms with E-state index in [1.54, 1.807) is 36.4 Å². The van der Waals surface area contributed by atoms with E-state index in [2.05, 4.69) is 10.6 Å². The van der Waals surface area contributed by atoms with Gasteiger partial charge in [-0.25, -0.2) is 4.39 Å². The van der Waals surface area contributed by atoms with Crippen LogP contribution >= 0.6 is 0 Å². The number of ketones is 1. The summed E-state index contributed by atoms with van der Waals surface area (Å²) in [6.45, 7) is 1.45. The first-order chi connectivity index (χ1) is 11.5. The monoisotopic (exact) mass is 323 g/mol. The molecule has 2 aromatic rings. The summed E-state index contributed by atoms with van der Waals surface area (Å²) in [5.74, 6) is -1.12. The number of amides is 1. The Kier molecular flexibility index (Phi) is 5.42. The second-order valence-corrected chi connectivity index (χ2v) is 4.91. The molecule has 0 aliphatic heterocycles. The summed E-state index contributed by atoms with van der Waals surface area (Å²) in [6.07, 6.45) is 1.20. The molecule has 0 spiro atoms. The standard InChI is InChI=1S/C18H14FN3O2/c1-12(23)13-5-7-16(8-6-13)22-18(24)14(10-20)11-21-17-4-2-3-15(19)9-17/h2-9,11,21H,1H3,(H,22,24)/b14-11-. The molecule has 0 fully saturated rings. The molecule has 24 heavy (non-hydrogen) atoms. The van der Waals surface area contributed by atoms with Crippen LogP contribution < -0.4 is 10.6 Å². The number of rotatable bonds is 5. The van der Waals surface area contributed by atoms with Crippen molar-refractivity contribution in [3.63, 3.8) is 0 Å². The first-order valence-corrected chi connectivity index (χ1v) is 7.04. The third-order valence-electron chi connectivity index (χ3n) is 3.12. The average Bonchev–Trinajstić information content (AvgIpc) is 2.56. The lowest BCUT2D eigenvalue weighted by Gasteiger charge is -2.06. The van der Waals surface area contributed by atoms with E-state index in [0.717, 1.165) is 0 Å². The van der Waals surface area contributed by atoms with E-state index in [4.69, 9.17) is 5.26 Å². The summed E-state index contributed by atoms with van der Waals surface area (Å²) in [6, 6.07) is 13.7. The molecule has 5 nitrogen and oxygen atoms in total. The Balaban J connectivity index is 2.07. The Labute approximate surface area is 138 Å². The fraction of sp³-hybridized carbons (Fsp3) is 0.0556. The summed E-state index contributed by atoms with van der Waals surface area (Å²) >= 11 is 0. The smallest absolute Gasteiger partial charge is 0.267 e. The van der Waals surface area contributed by atoms with Crippen molar-refractivity contribution in [1.29, 1.82) is 5.26 Å². The second kappa shape index (κ2) is 7.70. The number of nitriles is 1. The van der Waals surface area contributed by atoms with Crippen LogP contribution in [-0.2, 0) is 4.79 Å². The van der Waals surface area contributed by atoms with E-state index in [0.29, 0.717) is 16.9 Å². The molecule has 1 amide bonds. The molecule has 0 bridgehead atoms. The third-order valence-corrected chi connectivity index (χ3v) is 3.12. The highest BCUT2D eigenvalue weighted by Crippen LogP contribution is 2.13. The summed E-state index contributed by atoms with van der Waals surface area (Å²) < 4.78 is 13.1. The van der Waals surface area contributed by atoms with E-state index in [-0.39, 0.29) is 11.4 Å². The van der Waals surface area contributed by atoms with Crippen molar-refractivity contribution in [1.82, 2.24) is 0 Å². The molecule has 6 heteroatoms. The first-order valence-electron chi connectivity index (χ1n) is 7.04. The minimum atomic E-state index is -0.614. The number of carbonyl (C=O) groups excluding carboxylic acids is 2. The summed E-state index contributed by atoms with van der Waals surface area (Å²) in [5.41, 5.74) is 1.23. The molecule has 0 saturated heterocycles. The Bertz CT molecular complexity index is 836. The van der Waals surface area contributed by atoms with E-state index < -0.39 is 11.7 Å². The number of hydrogen-bond acceptors (Lipinski definition) is 4. The van der Waals surface area contributed by atoms with Gasteiger partial charge in [0.15, 0.2) is 5.78 Å². The van der Waals surface area contributed by atoms with Gasteiger partial charge in [0.2, 0.25) is 0 Å². The van der Waals surface area contributed by atoms with E-state index in [9.17, 15) is 14.0 Å². The van der Waals surface area contributed by atoms with E-state index in [1.807, 2.05) is 0 Å². The van der Waals surface area contributed by atoms with Crippen molar-refractivity contribution < 1.29 is 14.0 Å². The van der Waals surface area contributed by atoms with Crippen LogP contribution in [0.25, 0.3) is 0 Å². The van der Waals surface area contributed by atoms with Crippen LogP contribution in [0.15, 0.2) is 60.3 Å². The molecule has 2 aromatic carbocycles. The minimum Gasteiger partial charge on any atom is -0.360 e. The fourth-order valence-corrected chi connectivity index (χ4v) is 1.87. The van der Waals surface area contributed by atoms with Crippen molar-refractivity contribution in [2.24, 2.45) is 0 Å². The quantitative estimate of drug-likeness (QED) is 0.501. The van der Waals surface area contributed by atoms with Crippen LogP contribution in [0.2, 0.25) is 0 Å². The number of halogens is 1. The van der Waals surface area contributed by atoms with Gasteiger partial charge in [-0.05, 0) is 49.4 Å². The van der Waals surface area contributed by atoms with Crippen LogP contribution in [0.4, 0.5) is 15.8 Å². The zero-order valence-electron chi connectivity index (χ0n) is 12.8. The molecule has 0 heterocycles. The zero-order chi connectivity index (χ0) is 17.5. The Morgan fingerprint density at radius 1 is 1.12 bits per heavy atom. The van der Waals surface area contributed by atoms with Crippen molar-refractivity contribution in [3.8, 4) is 6.07 Å². The molecule has 2 rings (SSSR count). The number of nitrogens with zero attached hydrogens (tertiary/aromatic N) is 1. The van der Waals surface area contributed by atoms with Gasteiger partial charge in [0.1, 0.15) is 17.5 Å². The van der Waals surface area contributed by atoms with Gasteiger partial charge in [-0.1, -0.05) is 6.07 Å². The van der Waals surface area contributed by atoms with Crippen LogP contribution in [0.1, 0.15) is 17.3 Å². The molecule has 2 N–H and O–H groups in total. The minimum absolute atomic E-state index is 0.0789. The highest BCUT2D eigenvalue weighted by Gasteiger charge is 2.09. The molecule has 0 saturated carbocycles. The first kappa shape index (κ1) is 16.9. The van der Waals surface area contributed by atoms with Gasteiger partial charge in [-0.15, -0.1) is 0 Å². The number of Topliss-reactive ketones (excluding diaryl/α,β-unsaturated/α-hetero) is 1. The Morgan fingerprint density at radius 2 is 1.83 bits per heavy atom. The van der Waals surface area contributed by atoms with Gasteiger partial charge in [0.25, 0.3) is 5.91 Å². The third kappa shape index (κ3) is 4.52. The molecule has 120 valence electrons. The van der Waals surface area contributed by atoms with Gasteiger partial charge >= 0.3 is 0 Å². The van der Waals surface area contributed by atoms with Crippen LogP contribution in [0.3, 0.4) is 0 Å². The summed E-state index contributed by atoms with van der Waals surface area (Å²) in [5, 5.41) is 14.3. The molecular formula is C18H14FN3O2. The summed E-state index contributed by atoms with van der Waals surface area (Å²) in [7, 11) is 0. The number of carbonyl (C=O) groups is 2. The SMILES string of the molecule is CC(=O)c1ccc(NC(=O)/C(C#N)=C\Nc2cccc(F)c2)cc1. The predicted octanol–water partition coefficient (Wildman–Crippen LogP) is 3.49. The lowest BCUT2D eigenvalue weighted by Crippen LogP contribution is -2.14. The molecule has 0 aliphatic rings. The maximum absolute atomic E-state index is 13.1. The van der Waals surface area contributed by atoms with Crippen molar-refractivity contribution in [3.05, 3.63) is 71.7 Å². The normalized spacial score (nSPS) is 10.6. The van der Waals surface area contributed by atoms with Gasteiger partial charge in [0, 0.05) is 23.1 Å². The van der Waals surface area contributed by atoms with Gasteiger partial charge in [-0.2, -0.15) is 5.26 Å². The Morgan fingerprint density at radius 3 is 2.42 bits per heavy atom. The Hall–Kier alpha value is -3.46. The van der Waals surface area contributed by atoms with E-state index in [1.165, 1.54) is 31.3 Å². The topological polar surface area (TPSA) is 82.0 Å². The maximum Gasteiger partial charge on any atom is 0.267 e. The predicted molar refractivity (Wildman–Crippen MR) is 88.8 cm³/mol. The van der Waals surface area contributed by atoms with Crippen LogP contribution in [-0.4, -0.2) is 11.7 Å².